The van der Waals surface area contributed by atoms with E-state index in [9.17, 15) is 10.2 Å². The molecule has 0 amide bonds. The molecule has 2 N–H and O–H groups in total. The number of aliphatic hydroxyl groups excluding tert-OH is 2. The number of fused-ring (bicyclic) bond motifs is 1. The second-order valence-electron chi connectivity index (χ2n) is 7.23. The number of methoxy groups -OCH3 is 1. The molecule has 0 spiro atoms. The van der Waals surface area contributed by atoms with Crippen LogP contribution < -0.4 is 4.74 Å². The number of hydrogen-bond acceptors (Lipinski definition) is 7. The molecule has 1 aromatic rings. The minimum absolute atomic E-state index is 0.117. The van der Waals surface area contributed by atoms with Gasteiger partial charge in [0.1, 0.15) is 29.4 Å². The number of aliphatic imine (C=N–C) groups is 1. The van der Waals surface area contributed by atoms with Gasteiger partial charge in [0.2, 0.25) is 0 Å². The Kier molecular flexibility index (Phi) is 6.12. The quantitative estimate of drug-likeness (QED) is 0.811. The van der Waals surface area contributed by atoms with Gasteiger partial charge in [-0.15, -0.1) is 0 Å². The molecule has 6 atom stereocenters. The van der Waals surface area contributed by atoms with E-state index in [1.54, 1.807) is 7.11 Å². The molecule has 0 bridgehead atoms. The third-order valence-electron chi connectivity index (χ3n) is 5.08. The molecule has 2 heterocycles. The largest absolute Gasteiger partial charge is 0.497 e. The molecule has 7 heteroatoms. The van der Waals surface area contributed by atoms with Gasteiger partial charge in [-0.05, 0) is 36.5 Å². The third-order valence-corrected chi connectivity index (χ3v) is 6.38. The molecule has 26 heavy (non-hydrogen) atoms. The number of ether oxygens (including phenoxy) is 2. The zero-order chi connectivity index (χ0) is 18.8. The lowest BCUT2D eigenvalue weighted by Gasteiger charge is -2.41. The van der Waals surface area contributed by atoms with Gasteiger partial charge in [0.15, 0.2) is 5.17 Å². The van der Waals surface area contributed by atoms with Gasteiger partial charge in [0, 0.05) is 14.1 Å². The maximum atomic E-state index is 10.6. The molecule has 2 aliphatic heterocycles. The van der Waals surface area contributed by atoms with Crippen LogP contribution in [0.1, 0.15) is 18.9 Å². The zero-order valence-corrected chi connectivity index (χ0v) is 16.5. The highest BCUT2D eigenvalue weighted by atomic mass is 32.2. The fourth-order valence-corrected chi connectivity index (χ4v) is 4.56. The van der Waals surface area contributed by atoms with Crippen molar-refractivity contribution in [1.29, 1.82) is 0 Å². The molecule has 3 rings (SSSR count). The maximum Gasteiger partial charge on any atom is 0.161 e. The van der Waals surface area contributed by atoms with Gasteiger partial charge in [-0.2, -0.15) is 0 Å². The summed E-state index contributed by atoms with van der Waals surface area (Å²) in [6.45, 7) is 2.07. The average Bonchev–Trinajstić information content (AvgIpc) is 3.08. The van der Waals surface area contributed by atoms with Crippen LogP contribution in [0, 0.1) is 5.92 Å². The van der Waals surface area contributed by atoms with E-state index >= 15 is 0 Å². The first-order valence-corrected chi connectivity index (χ1v) is 9.85. The monoisotopic (exact) mass is 380 g/mol. The predicted octanol–water partition coefficient (Wildman–Crippen LogP) is 1.74. The highest BCUT2D eigenvalue weighted by molar-refractivity contribution is 8.14. The average molecular weight is 381 g/mol. The number of nitrogens with zero attached hydrogens (tertiary/aromatic N) is 2. The molecular formula is C19H28N2O4S. The summed E-state index contributed by atoms with van der Waals surface area (Å²) in [7, 11) is 5.49. The fourth-order valence-electron chi connectivity index (χ4n) is 3.41. The lowest BCUT2D eigenvalue weighted by molar-refractivity contribution is -0.169. The van der Waals surface area contributed by atoms with Crippen LogP contribution in [0.15, 0.2) is 29.3 Å². The lowest BCUT2D eigenvalue weighted by atomic mass is 9.87. The van der Waals surface area contributed by atoms with Gasteiger partial charge in [0.25, 0.3) is 0 Å². The van der Waals surface area contributed by atoms with Crippen molar-refractivity contribution in [3.63, 3.8) is 0 Å². The van der Waals surface area contributed by atoms with Crippen molar-refractivity contribution in [1.82, 2.24) is 4.90 Å². The van der Waals surface area contributed by atoms with E-state index in [1.807, 2.05) is 31.1 Å². The van der Waals surface area contributed by atoms with E-state index in [0.29, 0.717) is 0 Å². The van der Waals surface area contributed by atoms with Crippen LogP contribution in [0.3, 0.4) is 0 Å². The second kappa shape index (κ2) is 8.17. The summed E-state index contributed by atoms with van der Waals surface area (Å²) in [6, 6.07) is 7.61. The van der Waals surface area contributed by atoms with Crippen molar-refractivity contribution in [2.75, 3.05) is 21.2 Å². The Labute approximate surface area is 159 Å². The van der Waals surface area contributed by atoms with Crippen LogP contribution >= 0.6 is 11.8 Å². The Balaban J connectivity index is 1.60. The van der Waals surface area contributed by atoms with Crippen LogP contribution in [-0.2, 0) is 11.2 Å². The summed E-state index contributed by atoms with van der Waals surface area (Å²) >= 11 is 1.52. The molecular weight excluding hydrogens is 352 g/mol. The Hall–Kier alpha value is -1.28. The summed E-state index contributed by atoms with van der Waals surface area (Å²) in [5.74, 6) is 0.962. The maximum absolute atomic E-state index is 10.6. The highest BCUT2D eigenvalue weighted by Gasteiger charge is 2.49. The molecule has 2 aliphatic rings. The third kappa shape index (κ3) is 4.01. The second-order valence-corrected chi connectivity index (χ2v) is 8.29. The first-order valence-electron chi connectivity index (χ1n) is 8.97. The summed E-state index contributed by atoms with van der Waals surface area (Å²) < 4.78 is 11.3. The Morgan fingerprint density at radius 2 is 1.92 bits per heavy atom. The van der Waals surface area contributed by atoms with Gasteiger partial charge in [-0.3, -0.25) is 4.99 Å². The van der Waals surface area contributed by atoms with Gasteiger partial charge in [0.05, 0.1) is 13.2 Å². The van der Waals surface area contributed by atoms with Gasteiger partial charge in [-0.25, -0.2) is 0 Å². The number of aliphatic hydroxyl groups is 2. The first kappa shape index (κ1) is 19.5. The SMILES string of the molecule is COc1ccc(CC[C@H](C)[C@H]2O[C@@H]3SC(N(C)C)=N[C@@H]3[C@@H](O)[C@@H]2O)cc1. The zero-order valence-electron chi connectivity index (χ0n) is 15.7. The lowest BCUT2D eigenvalue weighted by Crippen LogP contribution is -2.56. The molecule has 1 aromatic carbocycles. The van der Waals surface area contributed by atoms with E-state index in [1.165, 1.54) is 17.3 Å². The minimum atomic E-state index is -0.923. The molecule has 0 aromatic heterocycles. The molecule has 144 valence electrons. The Morgan fingerprint density at radius 3 is 2.54 bits per heavy atom. The number of aryl methyl sites for hydroxylation is 1. The van der Waals surface area contributed by atoms with Crippen LogP contribution in [-0.4, -0.2) is 71.3 Å². The molecule has 0 saturated carbocycles. The van der Waals surface area contributed by atoms with Crippen molar-refractivity contribution in [3.05, 3.63) is 29.8 Å². The normalized spacial score (nSPS) is 31.9. The number of benzene rings is 1. The standard InChI is InChI=1S/C19H28N2O4S/c1-11(5-6-12-7-9-13(24-4)10-8-12)17-16(23)15(22)14-18(25-17)26-19(20-14)21(2)3/h7-11,14-18,22-23H,5-6H2,1-4H3/t11-,14+,15+,16-,17+,18+/m0/s1. The Bertz CT molecular complexity index is 637. The number of amidine groups is 1. The molecule has 0 aliphatic carbocycles. The van der Waals surface area contributed by atoms with Crippen molar-refractivity contribution >= 4 is 16.9 Å². The van der Waals surface area contributed by atoms with Crippen LogP contribution in [0.5, 0.6) is 5.75 Å². The van der Waals surface area contributed by atoms with Crippen LogP contribution in [0.2, 0.25) is 0 Å². The fraction of sp³-hybridized carbons (Fsp3) is 0.632. The van der Waals surface area contributed by atoms with Gasteiger partial charge >= 0.3 is 0 Å². The molecule has 0 radical (unpaired) electrons. The summed E-state index contributed by atoms with van der Waals surface area (Å²) in [5, 5.41) is 21.9. The summed E-state index contributed by atoms with van der Waals surface area (Å²) in [5.41, 5.74) is 0.981. The summed E-state index contributed by atoms with van der Waals surface area (Å²) in [4.78, 5) is 6.41. The first-order chi connectivity index (χ1) is 12.4. The number of hydrogen-bond donors (Lipinski definition) is 2. The van der Waals surface area contributed by atoms with E-state index in [4.69, 9.17) is 9.47 Å². The Morgan fingerprint density at radius 1 is 1.23 bits per heavy atom. The van der Waals surface area contributed by atoms with Gasteiger partial charge < -0.3 is 24.6 Å². The number of rotatable bonds is 5. The van der Waals surface area contributed by atoms with Crippen molar-refractivity contribution in [2.45, 2.75) is 49.6 Å². The van der Waals surface area contributed by atoms with Crippen LogP contribution in [0.25, 0.3) is 0 Å². The van der Waals surface area contributed by atoms with Crippen LogP contribution in [0.4, 0.5) is 0 Å². The molecule has 0 unspecified atom stereocenters. The topological polar surface area (TPSA) is 74.5 Å². The summed E-state index contributed by atoms with van der Waals surface area (Å²) in [6.07, 6.45) is -0.465. The van der Waals surface area contributed by atoms with Crippen molar-refractivity contribution < 1.29 is 19.7 Å². The van der Waals surface area contributed by atoms with E-state index < -0.39 is 24.4 Å². The highest BCUT2D eigenvalue weighted by Crippen LogP contribution is 2.39. The van der Waals surface area contributed by atoms with E-state index in [0.717, 1.165) is 23.8 Å². The molecule has 1 fully saturated rings. The minimum Gasteiger partial charge on any atom is -0.497 e. The van der Waals surface area contributed by atoms with Gasteiger partial charge in [-0.1, -0.05) is 30.8 Å². The number of thioether (sulfide) groups is 1. The van der Waals surface area contributed by atoms with Crippen molar-refractivity contribution in [2.24, 2.45) is 10.9 Å². The predicted molar refractivity (Wildman–Crippen MR) is 104 cm³/mol. The smallest absolute Gasteiger partial charge is 0.161 e. The molecule has 6 nitrogen and oxygen atoms in total. The van der Waals surface area contributed by atoms with E-state index in [2.05, 4.69) is 24.0 Å². The van der Waals surface area contributed by atoms with Crippen molar-refractivity contribution in [3.8, 4) is 5.75 Å². The molecule has 1 saturated heterocycles. The van der Waals surface area contributed by atoms with E-state index in [-0.39, 0.29) is 11.4 Å².